The minimum atomic E-state index is -0.209. The van der Waals surface area contributed by atoms with Crippen LogP contribution >= 0.6 is 0 Å². The molecule has 0 bridgehead atoms. The number of carbonyl (C=O) groups is 1. The van der Waals surface area contributed by atoms with Crippen LogP contribution < -0.4 is 20.1 Å². The zero-order valence-corrected chi connectivity index (χ0v) is 13.0. The summed E-state index contributed by atoms with van der Waals surface area (Å²) < 4.78 is 10.6. The van der Waals surface area contributed by atoms with E-state index in [1.807, 2.05) is 25.1 Å². The van der Waals surface area contributed by atoms with E-state index in [1.54, 1.807) is 14.2 Å². The van der Waals surface area contributed by atoms with Crippen LogP contribution in [0.5, 0.6) is 11.5 Å². The van der Waals surface area contributed by atoms with E-state index in [0.717, 1.165) is 43.1 Å². The second-order valence-electron chi connectivity index (χ2n) is 5.68. The first kappa shape index (κ1) is 15.5. The summed E-state index contributed by atoms with van der Waals surface area (Å²) in [6, 6.07) is 5.97. The van der Waals surface area contributed by atoms with Crippen LogP contribution in [0.25, 0.3) is 0 Å². The number of hydrogen-bond acceptors (Lipinski definition) is 4. The first-order valence-corrected chi connectivity index (χ1v) is 7.31. The maximum absolute atomic E-state index is 11.2. The number of benzene rings is 1. The molecule has 0 radical (unpaired) electrons. The maximum atomic E-state index is 11.2. The van der Waals surface area contributed by atoms with Crippen molar-refractivity contribution in [3.8, 4) is 11.5 Å². The highest BCUT2D eigenvalue weighted by molar-refractivity contribution is 5.76. The molecular formula is C16H24N2O3. The SMILES string of the molecule is COc1ccc(N2CCC(CC(C)C(N)=O)C2)cc1OC. The Bertz CT molecular complexity index is 504. The molecule has 5 nitrogen and oxygen atoms in total. The van der Waals surface area contributed by atoms with Gasteiger partial charge in [-0.05, 0) is 30.9 Å². The van der Waals surface area contributed by atoms with E-state index in [0.29, 0.717) is 5.92 Å². The van der Waals surface area contributed by atoms with Crippen molar-refractivity contribution < 1.29 is 14.3 Å². The normalized spacial score (nSPS) is 19.4. The molecule has 5 heteroatoms. The highest BCUT2D eigenvalue weighted by Crippen LogP contribution is 2.34. The van der Waals surface area contributed by atoms with Gasteiger partial charge in [-0.1, -0.05) is 6.92 Å². The second-order valence-corrected chi connectivity index (χ2v) is 5.68. The summed E-state index contributed by atoms with van der Waals surface area (Å²) >= 11 is 0. The van der Waals surface area contributed by atoms with E-state index >= 15 is 0 Å². The molecule has 1 aromatic rings. The standard InChI is InChI=1S/C16H24N2O3/c1-11(16(17)19)8-12-6-7-18(10-12)13-4-5-14(20-2)15(9-13)21-3/h4-5,9,11-12H,6-8,10H2,1-3H3,(H2,17,19). The number of methoxy groups -OCH3 is 2. The van der Waals surface area contributed by atoms with Crippen molar-refractivity contribution in [1.29, 1.82) is 0 Å². The summed E-state index contributed by atoms with van der Waals surface area (Å²) in [6.45, 7) is 3.85. The first-order valence-electron chi connectivity index (χ1n) is 7.31. The Morgan fingerprint density at radius 2 is 2.10 bits per heavy atom. The van der Waals surface area contributed by atoms with E-state index in [9.17, 15) is 4.79 Å². The Morgan fingerprint density at radius 1 is 1.38 bits per heavy atom. The van der Waals surface area contributed by atoms with Gasteiger partial charge in [-0.2, -0.15) is 0 Å². The van der Waals surface area contributed by atoms with Crippen molar-refractivity contribution in [2.75, 3.05) is 32.2 Å². The monoisotopic (exact) mass is 292 g/mol. The average molecular weight is 292 g/mol. The number of primary amides is 1. The van der Waals surface area contributed by atoms with Crippen LogP contribution in [0.1, 0.15) is 19.8 Å². The lowest BCUT2D eigenvalue weighted by Gasteiger charge is -2.21. The molecule has 2 N–H and O–H groups in total. The molecule has 0 aliphatic carbocycles. The summed E-state index contributed by atoms with van der Waals surface area (Å²) in [5.41, 5.74) is 6.47. The Morgan fingerprint density at radius 3 is 2.71 bits per heavy atom. The largest absolute Gasteiger partial charge is 0.493 e. The van der Waals surface area contributed by atoms with Crippen LogP contribution in [-0.4, -0.2) is 33.2 Å². The molecule has 1 amide bonds. The minimum absolute atomic E-state index is 0.0552. The number of nitrogens with zero attached hydrogens (tertiary/aromatic N) is 1. The van der Waals surface area contributed by atoms with Gasteiger partial charge in [-0.15, -0.1) is 0 Å². The lowest BCUT2D eigenvalue weighted by Crippen LogP contribution is -2.25. The summed E-state index contributed by atoms with van der Waals surface area (Å²) in [5.74, 6) is 1.73. The fourth-order valence-corrected chi connectivity index (χ4v) is 2.90. The molecule has 0 spiro atoms. The van der Waals surface area contributed by atoms with E-state index in [-0.39, 0.29) is 11.8 Å². The first-order chi connectivity index (χ1) is 10.0. The molecule has 1 aliphatic heterocycles. The van der Waals surface area contributed by atoms with Gasteiger partial charge in [0, 0.05) is 30.8 Å². The lowest BCUT2D eigenvalue weighted by molar-refractivity contribution is -0.121. The molecule has 1 aliphatic rings. The summed E-state index contributed by atoms with van der Waals surface area (Å²) in [5, 5.41) is 0. The van der Waals surface area contributed by atoms with Crippen molar-refractivity contribution in [1.82, 2.24) is 0 Å². The summed E-state index contributed by atoms with van der Waals surface area (Å²) in [4.78, 5) is 13.5. The Labute approximate surface area is 126 Å². The van der Waals surface area contributed by atoms with Crippen molar-refractivity contribution in [3.63, 3.8) is 0 Å². The van der Waals surface area contributed by atoms with Gasteiger partial charge in [0.25, 0.3) is 0 Å². The Balaban J connectivity index is 2.02. The predicted octanol–water partition coefficient (Wildman–Crippen LogP) is 2.04. The average Bonchev–Trinajstić information content (AvgIpc) is 2.94. The highest BCUT2D eigenvalue weighted by Gasteiger charge is 2.26. The molecule has 0 aromatic heterocycles. The van der Waals surface area contributed by atoms with Crippen molar-refractivity contribution in [2.24, 2.45) is 17.6 Å². The maximum Gasteiger partial charge on any atom is 0.220 e. The number of amides is 1. The molecule has 1 heterocycles. The van der Waals surface area contributed by atoms with Crippen LogP contribution in [-0.2, 0) is 4.79 Å². The number of carbonyl (C=O) groups excluding carboxylic acids is 1. The van der Waals surface area contributed by atoms with Gasteiger partial charge in [0.1, 0.15) is 0 Å². The highest BCUT2D eigenvalue weighted by atomic mass is 16.5. The molecule has 116 valence electrons. The molecule has 2 rings (SSSR count). The number of anilines is 1. The van der Waals surface area contributed by atoms with E-state index in [1.165, 1.54) is 0 Å². The Kier molecular flexibility index (Phi) is 4.94. The van der Waals surface area contributed by atoms with Crippen LogP contribution in [0, 0.1) is 11.8 Å². The lowest BCUT2D eigenvalue weighted by atomic mass is 9.95. The van der Waals surface area contributed by atoms with E-state index in [2.05, 4.69) is 4.90 Å². The smallest absolute Gasteiger partial charge is 0.220 e. The molecule has 1 fully saturated rings. The molecule has 2 atom stereocenters. The van der Waals surface area contributed by atoms with Crippen LogP contribution in [0.4, 0.5) is 5.69 Å². The second kappa shape index (κ2) is 6.70. The topological polar surface area (TPSA) is 64.8 Å². The molecule has 21 heavy (non-hydrogen) atoms. The van der Waals surface area contributed by atoms with Gasteiger partial charge < -0.3 is 20.1 Å². The minimum Gasteiger partial charge on any atom is -0.493 e. The predicted molar refractivity (Wildman–Crippen MR) is 82.8 cm³/mol. The molecular weight excluding hydrogens is 268 g/mol. The van der Waals surface area contributed by atoms with Gasteiger partial charge >= 0.3 is 0 Å². The van der Waals surface area contributed by atoms with Crippen LogP contribution in [0.15, 0.2) is 18.2 Å². The fraction of sp³-hybridized carbons (Fsp3) is 0.562. The third-order valence-electron chi connectivity index (χ3n) is 4.19. The third kappa shape index (κ3) is 3.60. The molecule has 0 saturated carbocycles. The Hall–Kier alpha value is -1.91. The van der Waals surface area contributed by atoms with E-state index < -0.39 is 0 Å². The molecule has 2 unspecified atom stereocenters. The van der Waals surface area contributed by atoms with Gasteiger partial charge in [0.05, 0.1) is 14.2 Å². The number of rotatable bonds is 6. The van der Waals surface area contributed by atoms with Crippen molar-refractivity contribution in [2.45, 2.75) is 19.8 Å². The van der Waals surface area contributed by atoms with Crippen molar-refractivity contribution in [3.05, 3.63) is 18.2 Å². The molecule has 1 aromatic carbocycles. The fourth-order valence-electron chi connectivity index (χ4n) is 2.90. The van der Waals surface area contributed by atoms with Gasteiger partial charge in [0.2, 0.25) is 5.91 Å². The van der Waals surface area contributed by atoms with Gasteiger partial charge in [-0.25, -0.2) is 0 Å². The third-order valence-corrected chi connectivity index (χ3v) is 4.19. The zero-order valence-electron chi connectivity index (χ0n) is 13.0. The molecule has 1 saturated heterocycles. The van der Waals surface area contributed by atoms with Gasteiger partial charge in [-0.3, -0.25) is 4.79 Å². The number of nitrogens with two attached hydrogens (primary N) is 1. The van der Waals surface area contributed by atoms with Crippen LogP contribution in [0.2, 0.25) is 0 Å². The van der Waals surface area contributed by atoms with Crippen LogP contribution in [0.3, 0.4) is 0 Å². The quantitative estimate of drug-likeness (QED) is 0.871. The van der Waals surface area contributed by atoms with Crippen molar-refractivity contribution >= 4 is 11.6 Å². The zero-order chi connectivity index (χ0) is 15.4. The summed E-state index contributed by atoms with van der Waals surface area (Å²) in [6.07, 6.45) is 1.95. The number of ether oxygens (including phenoxy) is 2. The number of hydrogen-bond donors (Lipinski definition) is 1. The van der Waals surface area contributed by atoms with Gasteiger partial charge in [0.15, 0.2) is 11.5 Å². The van der Waals surface area contributed by atoms with E-state index in [4.69, 9.17) is 15.2 Å². The summed E-state index contributed by atoms with van der Waals surface area (Å²) in [7, 11) is 3.28.